The maximum absolute atomic E-state index is 10.7. The van der Waals surface area contributed by atoms with Crippen molar-refractivity contribution in [3.63, 3.8) is 0 Å². The number of ether oxygens (including phenoxy) is 2. The molecule has 0 amide bonds. The van der Waals surface area contributed by atoms with Crippen LogP contribution in [0, 0.1) is 11.8 Å². The van der Waals surface area contributed by atoms with Gasteiger partial charge in [0.25, 0.3) is 0 Å². The molecule has 0 aromatic heterocycles. The molecular formula is C14H26O3. The van der Waals surface area contributed by atoms with Crippen LogP contribution in [0.2, 0.25) is 0 Å². The van der Waals surface area contributed by atoms with Crippen LogP contribution in [0.4, 0.5) is 0 Å². The normalized spacial score (nSPS) is 38.0. The summed E-state index contributed by atoms with van der Waals surface area (Å²) in [6.45, 7) is 12.1. The third-order valence-electron chi connectivity index (χ3n) is 3.46. The van der Waals surface area contributed by atoms with Gasteiger partial charge in [0, 0.05) is 7.11 Å². The van der Waals surface area contributed by atoms with E-state index in [-0.39, 0.29) is 24.2 Å². The molecule has 3 heteroatoms. The molecule has 0 aromatic carbocycles. The molecule has 1 saturated heterocycles. The fourth-order valence-electron chi connectivity index (χ4n) is 2.74. The van der Waals surface area contributed by atoms with Crippen molar-refractivity contribution in [2.24, 2.45) is 11.8 Å². The molecule has 0 unspecified atom stereocenters. The van der Waals surface area contributed by atoms with E-state index in [1.165, 1.54) is 0 Å². The molecule has 0 spiro atoms. The van der Waals surface area contributed by atoms with E-state index >= 15 is 0 Å². The lowest BCUT2D eigenvalue weighted by Gasteiger charge is -2.31. The number of hydrogen-bond acceptors (Lipinski definition) is 3. The minimum atomic E-state index is -1.08. The number of rotatable bonds is 5. The van der Waals surface area contributed by atoms with Gasteiger partial charge >= 0.3 is 0 Å². The molecule has 1 N–H and O–H groups in total. The van der Waals surface area contributed by atoms with Gasteiger partial charge in [-0.05, 0) is 18.3 Å². The lowest BCUT2D eigenvalue weighted by atomic mass is 9.84. The summed E-state index contributed by atoms with van der Waals surface area (Å²) in [6.07, 6.45) is 1.84. The molecule has 1 aliphatic rings. The summed E-state index contributed by atoms with van der Waals surface area (Å²) in [7, 11) is 1.62. The molecule has 0 aliphatic carbocycles. The van der Waals surface area contributed by atoms with E-state index in [0.29, 0.717) is 5.92 Å². The zero-order valence-electron chi connectivity index (χ0n) is 11.6. The minimum absolute atomic E-state index is 0.0598. The van der Waals surface area contributed by atoms with E-state index in [0.717, 1.165) is 6.42 Å². The van der Waals surface area contributed by atoms with Crippen LogP contribution >= 0.6 is 0 Å². The highest BCUT2D eigenvalue weighted by molar-refractivity contribution is 5.14. The minimum Gasteiger partial charge on any atom is -0.380 e. The van der Waals surface area contributed by atoms with Crippen molar-refractivity contribution in [3.8, 4) is 0 Å². The van der Waals surface area contributed by atoms with Gasteiger partial charge in [0.15, 0.2) is 0 Å². The molecule has 1 heterocycles. The summed E-state index contributed by atoms with van der Waals surface area (Å²) < 4.78 is 11.5. The van der Waals surface area contributed by atoms with E-state index in [2.05, 4.69) is 20.4 Å². The molecule has 17 heavy (non-hydrogen) atoms. The molecule has 0 aromatic rings. The number of methoxy groups -OCH3 is 1. The SMILES string of the molecule is C=C[C@@]1(O)[C@H](OC)[C@@H](CC(C)C)O[C@H]1C(C)C. The van der Waals surface area contributed by atoms with Crippen molar-refractivity contribution in [2.75, 3.05) is 7.11 Å². The van der Waals surface area contributed by atoms with Gasteiger partial charge in [-0.25, -0.2) is 0 Å². The molecule has 4 atom stereocenters. The van der Waals surface area contributed by atoms with Crippen molar-refractivity contribution < 1.29 is 14.6 Å². The highest BCUT2D eigenvalue weighted by Crippen LogP contribution is 2.39. The Morgan fingerprint density at radius 1 is 1.41 bits per heavy atom. The Morgan fingerprint density at radius 3 is 2.35 bits per heavy atom. The Kier molecular flexibility index (Phi) is 4.76. The van der Waals surface area contributed by atoms with Crippen LogP contribution < -0.4 is 0 Å². The van der Waals surface area contributed by atoms with Crippen LogP contribution in [0.15, 0.2) is 12.7 Å². The predicted octanol–water partition coefficient (Wildman–Crippen LogP) is 2.39. The zero-order chi connectivity index (χ0) is 13.2. The Hall–Kier alpha value is -0.380. The Labute approximate surface area is 105 Å². The van der Waals surface area contributed by atoms with E-state index in [1.54, 1.807) is 13.2 Å². The fraction of sp³-hybridized carbons (Fsp3) is 0.857. The van der Waals surface area contributed by atoms with Gasteiger partial charge in [-0.2, -0.15) is 0 Å². The van der Waals surface area contributed by atoms with Crippen LogP contribution in [0.5, 0.6) is 0 Å². The van der Waals surface area contributed by atoms with Gasteiger partial charge in [-0.1, -0.05) is 33.8 Å². The van der Waals surface area contributed by atoms with E-state index in [4.69, 9.17) is 9.47 Å². The molecule has 1 aliphatic heterocycles. The number of hydrogen-bond donors (Lipinski definition) is 1. The van der Waals surface area contributed by atoms with Gasteiger partial charge in [0.1, 0.15) is 11.7 Å². The lowest BCUT2D eigenvalue weighted by molar-refractivity contribution is -0.0669. The first-order valence-electron chi connectivity index (χ1n) is 6.41. The van der Waals surface area contributed by atoms with E-state index in [1.807, 2.05) is 13.8 Å². The van der Waals surface area contributed by atoms with E-state index < -0.39 is 5.60 Å². The van der Waals surface area contributed by atoms with Crippen molar-refractivity contribution >= 4 is 0 Å². The average molecular weight is 242 g/mol. The van der Waals surface area contributed by atoms with Crippen molar-refractivity contribution in [3.05, 3.63) is 12.7 Å². The third-order valence-corrected chi connectivity index (χ3v) is 3.46. The van der Waals surface area contributed by atoms with Crippen LogP contribution in [-0.2, 0) is 9.47 Å². The van der Waals surface area contributed by atoms with Crippen molar-refractivity contribution in [2.45, 2.75) is 58.0 Å². The summed E-state index contributed by atoms with van der Waals surface area (Å²) in [5, 5.41) is 10.7. The first kappa shape index (κ1) is 14.7. The smallest absolute Gasteiger partial charge is 0.137 e. The summed E-state index contributed by atoms with van der Waals surface area (Å²) in [6, 6.07) is 0. The molecule has 0 radical (unpaired) electrons. The molecule has 0 bridgehead atoms. The van der Waals surface area contributed by atoms with Gasteiger partial charge in [-0.15, -0.1) is 6.58 Å². The largest absolute Gasteiger partial charge is 0.380 e. The Bertz CT molecular complexity index is 262. The van der Waals surface area contributed by atoms with Gasteiger partial charge < -0.3 is 14.6 Å². The Balaban J connectivity index is 2.96. The molecule has 1 fully saturated rings. The van der Waals surface area contributed by atoms with Crippen molar-refractivity contribution in [1.29, 1.82) is 0 Å². The molecule has 1 rings (SSSR count). The summed E-state index contributed by atoms with van der Waals surface area (Å²) >= 11 is 0. The topological polar surface area (TPSA) is 38.7 Å². The van der Waals surface area contributed by atoms with Crippen LogP contribution in [0.3, 0.4) is 0 Å². The lowest BCUT2D eigenvalue weighted by Crippen LogP contribution is -2.49. The standard InChI is InChI=1S/C14H26O3/c1-7-14(15)12(10(4)5)17-11(8-9(2)3)13(14)16-6/h7,9-13,15H,1,8H2,2-6H3/t11-,12+,13-,14+/m1/s1. The van der Waals surface area contributed by atoms with Crippen LogP contribution in [-0.4, -0.2) is 36.1 Å². The zero-order valence-corrected chi connectivity index (χ0v) is 11.6. The quantitative estimate of drug-likeness (QED) is 0.752. The molecule has 100 valence electrons. The van der Waals surface area contributed by atoms with Crippen molar-refractivity contribution in [1.82, 2.24) is 0 Å². The summed E-state index contributed by atoms with van der Waals surface area (Å²) in [5.41, 5.74) is -1.08. The first-order valence-corrected chi connectivity index (χ1v) is 6.41. The second kappa shape index (κ2) is 5.51. The predicted molar refractivity (Wildman–Crippen MR) is 68.9 cm³/mol. The average Bonchev–Trinajstić information content (AvgIpc) is 2.51. The van der Waals surface area contributed by atoms with Gasteiger partial charge in [-0.3, -0.25) is 0 Å². The molecule has 0 saturated carbocycles. The molecule has 3 nitrogen and oxygen atoms in total. The van der Waals surface area contributed by atoms with Crippen LogP contribution in [0.1, 0.15) is 34.1 Å². The second-order valence-corrected chi connectivity index (χ2v) is 5.72. The molecular weight excluding hydrogens is 216 g/mol. The second-order valence-electron chi connectivity index (χ2n) is 5.72. The van der Waals surface area contributed by atoms with Gasteiger partial charge in [0.2, 0.25) is 0 Å². The maximum Gasteiger partial charge on any atom is 0.137 e. The number of aliphatic hydroxyl groups is 1. The summed E-state index contributed by atoms with van der Waals surface area (Å²) in [4.78, 5) is 0. The van der Waals surface area contributed by atoms with Gasteiger partial charge in [0.05, 0.1) is 12.2 Å². The van der Waals surface area contributed by atoms with E-state index in [9.17, 15) is 5.11 Å². The fourth-order valence-corrected chi connectivity index (χ4v) is 2.74. The summed E-state index contributed by atoms with van der Waals surface area (Å²) in [5.74, 6) is 0.741. The first-order chi connectivity index (χ1) is 7.86. The Morgan fingerprint density at radius 2 is 2.00 bits per heavy atom. The highest BCUT2D eigenvalue weighted by Gasteiger charge is 2.55. The van der Waals surface area contributed by atoms with Crippen LogP contribution in [0.25, 0.3) is 0 Å². The maximum atomic E-state index is 10.7. The third kappa shape index (κ3) is 2.72. The monoisotopic (exact) mass is 242 g/mol. The highest BCUT2D eigenvalue weighted by atomic mass is 16.6.